The summed E-state index contributed by atoms with van der Waals surface area (Å²) in [5, 5.41) is 3.02. The van der Waals surface area contributed by atoms with E-state index < -0.39 is 12.0 Å². The Kier molecular flexibility index (Phi) is 6.63. The van der Waals surface area contributed by atoms with Crippen molar-refractivity contribution in [2.24, 2.45) is 0 Å². The summed E-state index contributed by atoms with van der Waals surface area (Å²) in [4.78, 5) is 29.1. The highest BCUT2D eigenvalue weighted by molar-refractivity contribution is 6.01. The first-order valence-electron chi connectivity index (χ1n) is 12.4. The molecular weight excluding hydrogens is 459 g/mol. The van der Waals surface area contributed by atoms with Gasteiger partial charge < -0.3 is 19.7 Å². The van der Waals surface area contributed by atoms with Gasteiger partial charge >= 0.3 is 0 Å². The van der Waals surface area contributed by atoms with Gasteiger partial charge in [0.15, 0.2) is 11.5 Å². The molecule has 7 heteroatoms. The molecule has 0 bridgehead atoms. The summed E-state index contributed by atoms with van der Waals surface area (Å²) in [6.07, 6.45) is 0.663. The minimum Gasteiger partial charge on any atom is -0.490 e. The van der Waals surface area contributed by atoms with Crippen molar-refractivity contribution in [2.75, 3.05) is 19.8 Å². The van der Waals surface area contributed by atoms with Crippen molar-refractivity contribution in [1.29, 1.82) is 0 Å². The molecule has 2 amide bonds. The Labute approximate surface area is 210 Å². The van der Waals surface area contributed by atoms with Gasteiger partial charge in [0, 0.05) is 18.7 Å². The third kappa shape index (κ3) is 4.30. The van der Waals surface area contributed by atoms with Crippen LogP contribution in [0, 0.1) is 5.82 Å². The molecule has 3 aromatic carbocycles. The Hall–Kier alpha value is -3.87. The average molecular weight is 489 g/mol. The number of carbonyl (C=O) groups is 2. The second-order valence-corrected chi connectivity index (χ2v) is 8.97. The zero-order valence-corrected chi connectivity index (χ0v) is 20.4. The van der Waals surface area contributed by atoms with E-state index in [2.05, 4.69) is 5.32 Å². The highest BCUT2D eigenvalue weighted by Gasteiger charge is 2.46. The fourth-order valence-electron chi connectivity index (χ4n) is 5.26. The molecule has 3 aromatic rings. The van der Waals surface area contributed by atoms with E-state index in [4.69, 9.17) is 9.47 Å². The van der Waals surface area contributed by atoms with Crippen molar-refractivity contribution in [3.8, 4) is 11.5 Å². The summed E-state index contributed by atoms with van der Waals surface area (Å²) in [7, 11) is 0. The number of hydrogen-bond acceptors (Lipinski definition) is 4. The van der Waals surface area contributed by atoms with Crippen LogP contribution in [0.3, 0.4) is 0 Å². The van der Waals surface area contributed by atoms with Crippen LogP contribution in [0.1, 0.15) is 58.4 Å². The second-order valence-electron chi connectivity index (χ2n) is 8.97. The van der Waals surface area contributed by atoms with Gasteiger partial charge in [0.25, 0.3) is 5.91 Å². The topological polar surface area (TPSA) is 67.9 Å². The Morgan fingerprint density at radius 3 is 2.42 bits per heavy atom. The Bertz CT molecular complexity index is 1290. The van der Waals surface area contributed by atoms with Crippen molar-refractivity contribution in [3.05, 3.63) is 94.3 Å². The number of fused-ring (bicyclic) bond motifs is 4. The van der Waals surface area contributed by atoms with Crippen molar-refractivity contribution in [2.45, 2.75) is 38.8 Å². The summed E-state index contributed by atoms with van der Waals surface area (Å²) in [6, 6.07) is 16.8. The summed E-state index contributed by atoms with van der Waals surface area (Å²) < 4.78 is 25.0. The number of nitrogens with zero attached hydrogens (tertiary/aromatic N) is 1. The molecule has 2 atom stereocenters. The van der Waals surface area contributed by atoms with Gasteiger partial charge in [-0.15, -0.1) is 0 Å². The minimum atomic E-state index is -0.606. The molecule has 2 heterocycles. The molecule has 0 radical (unpaired) electrons. The van der Waals surface area contributed by atoms with Gasteiger partial charge in [-0.2, -0.15) is 0 Å². The molecule has 0 saturated carbocycles. The SMILES string of the molecule is CCOc1cc2c(cc1OCC)[C@H]1[C@H](C(=O)NCc3ccc(F)cc3)c3ccccc3C(=O)N1CC2. The Morgan fingerprint density at radius 1 is 1.00 bits per heavy atom. The van der Waals surface area contributed by atoms with Gasteiger partial charge in [-0.1, -0.05) is 30.3 Å². The number of hydrogen-bond donors (Lipinski definition) is 1. The summed E-state index contributed by atoms with van der Waals surface area (Å²) in [5.74, 6) is 0.0920. The van der Waals surface area contributed by atoms with E-state index in [0.717, 1.165) is 16.7 Å². The number of nitrogens with one attached hydrogen (secondary N) is 1. The molecule has 0 unspecified atom stereocenters. The van der Waals surface area contributed by atoms with Crippen LogP contribution in [0.2, 0.25) is 0 Å². The number of rotatable bonds is 7. The van der Waals surface area contributed by atoms with Crippen molar-refractivity contribution in [1.82, 2.24) is 10.2 Å². The maximum atomic E-state index is 13.8. The molecule has 2 aliphatic rings. The lowest BCUT2D eigenvalue weighted by atomic mass is 9.75. The standard InChI is InChI=1S/C29H29FN2O4/c1-3-35-24-15-19-13-14-32-27(23(19)16-25(24)36-4-2)26(21-7-5-6-8-22(21)29(32)34)28(33)31-17-18-9-11-20(30)12-10-18/h5-12,15-16,26-27H,3-4,13-14,17H2,1-2H3,(H,31,33)/t26-,27+/m1/s1. The molecule has 186 valence electrons. The predicted molar refractivity (Wildman–Crippen MR) is 134 cm³/mol. The second kappa shape index (κ2) is 10.0. The van der Waals surface area contributed by atoms with E-state index in [0.29, 0.717) is 48.8 Å². The fraction of sp³-hybridized carbons (Fsp3) is 0.310. The van der Waals surface area contributed by atoms with E-state index in [1.165, 1.54) is 12.1 Å². The maximum absolute atomic E-state index is 13.8. The number of ether oxygens (including phenoxy) is 2. The first kappa shape index (κ1) is 23.9. The molecule has 1 N–H and O–H groups in total. The number of benzene rings is 3. The van der Waals surface area contributed by atoms with Gasteiger partial charge in [0.1, 0.15) is 5.82 Å². The Balaban J connectivity index is 1.57. The van der Waals surface area contributed by atoms with Crippen molar-refractivity contribution >= 4 is 11.8 Å². The molecular formula is C29H29FN2O4. The Morgan fingerprint density at radius 2 is 1.69 bits per heavy atom. The minimum absolute atomic E-state index is 0.0734. The van der Waals surface area contributed by atoms with Crippen LogP contribution in [-0.4, -0.2) is 36.5 Å². The molecule has 0 aliphatic carbocycles. The van der Waals surface area contributed by atoms with Crippen LogP contribution in [0.5, 0.6) is 11.5 Å². The monoisotopic (exact) mass is 488 g/mol. The largest absolute Gasteiger partial charge is 0.490 e. The quantitative estimate of drug-likeness (QED) is 0.520. The first-order valence-corrected chi connectivity index (χ1v) is 12.4. The molecule has 0 saturated heterocycles. The lowest BCUT2D eigenvalue weighted by molar-refractivity contribution is -0.124. The zero-order chi connectivity index (χ0) is 25.2. The van der Waals surface area contributed by atoms with Crippen LogP contribution < -0.4 is 14.8 Å². The van der Waals surface area contributed by atoms with Crippen LogP contribution >= 0.6 is 0 Å². The molecule has 5 rings (SSSR count). The summed E-state index contributed by atoms with van der Waals surface area (Å²) in [5.41, 5.74) is 4.01. The van der Waals surface area contributed by atoms with Crippen LogP contribution in [0.4, 0.5) is 4.39 Å². The third-order valence-corrected chi connectivity index (χ3v) is 6.85. The smallest absolute Gasteiger partial charge is 0.254 e. The molecule has 0 aromatic heterocycles. The van der Waals surface area contributed by atoms with Gasteiger partial charge in [0.05, 0.1) is 25.2 Å². The normalized spacial score (nSPS) is 18.1. The molecule has 36 heavy (non-hydrogen) atoms. The fourth-order valence-corrected chi connectivity index (χ4v) is 5.26. The van der Waals surface area contributed by atoms with Crippen LogP contribution in [-0.2, 0) is 17.8 Å². The van der Waals surface area contributed by atoms with Crippen LogP contribution in [0.25, 0.3) is 0 Å². The van der Waals surface area contributed by atoms with Gasteiger partial charge in [-0.25, -0.2) is 4.39 Å². The lowest BCUT2D eigenvalue weighted by Crippen LogP contribution is -2.50. The van der Waals surface area contributed by atoms with E-state index >= 15 is 0 Å². The van der Waals surface area contributed by atoms with E-state index in [-0.39, 0.29) is 24.2 Å². The third-order valence-electron chi connectivity index (χ3n) is 6.85. The molecule has 0 fully saturated rings. The highest BCUT2D eigenvalue weighted by atomic mass is 19.1. The number of carbonyl (C=O) groups excluding carboxylic acids is 2. The number of halogens is 1. The van der Waals surface area contributed by atoms with E-state index in [1.54, 1.807) is 18.2 Å². The molecule has 2 aliphatic heterocycles. The molecule has 0 spiro atoms. The highest BCUT2D eigenvalue weighted by Crippen LogP contribution is 2.48. The van der Waals surface area contributed by atoms with Crippen molar-refractivity contribution in [3.63, 3.8) is 0 Å². The number of amides is 2. The zero-order valence-electron chi connectivity index (χ0n) is 20.4. The van der Waals surface area contributed by atoms with Gasteiger partial charge in [-0.3, -0.25) is 9.59 Å². The summed E-state index contributed by atoms with van der Waals surface area (Å²) >= 11 is 0. The van der Waals surface area contributed by atoms with Crippen molar-refractivity contribution < 1.29 is 23.5 Å². The van der Waals surface area contributed by atoms with Gasteiger partial charge in [-0.05, 0) is 72.9 Å². The first-order chi connectivity index (χ1) is 17.5. The predicted octanol–water partition coefficient (Wildman–Crippen LogP) is 4.78. The lowest BCUT2D eigenvalue weighted by Gasteiger charge is -2.45. The van der Waals surface area contributed by atoms with Crippen LogP contribution in [0.15, 0.2) is 60.7 Å². The van der Waals surface area contributed by atoms with E-state index in [1.807, 2.05) is 49.1 Å². The summed E-state index contributed by atoms with van der Waals surface area (Å²) in [6.45, 7) is 5.58. The average Bonchev–Trinajstić information content (AvgIpc) is 2.89. The molecule has 6 nitrogen and oxygen atoms in total. The van der Waals surface area contributed by atoms with Gasteiger partial charge in [0.2, 0.25) is 5.91 Å². The maximum Gasteiger partial charge on any atom is 0.254 e. The van der Waals surface area contributed by atoms with E-state index in [9.17, 15) is 14.0 Å².